The van der Waals surface area contributed by atoms with Gasteiger partial charge in [-0.25, -0.2) is 0 Å². The number of rotatable bonds is 7. The molecule has 2 aromatic rings. The zero-order chi connectivity index (χ0) is 17.8. The van der Waals surface area contributed by atoms with E-state index in [1.54, 1.807) is 6.07 Å². The number of aliphatic hydroxyl groups is 1. The van der Waals surface area contributed by atoms with Gasteiger partial charge in [0.2, 0.25) is 0 Å². The molecule has 0 fully saturated rings. The molecule has 0 saturated heterocycles. The van der Waals surface area contributed by atoms with Gasteiger partial charge in [0, 0.05) is 25.4 Å². The number of benzene rings is 1. The van der Waals surface area contributed by atoms with Crippen molar-refractivity contribution in [3.63, 3.8) is 0 Å². The molecule has 0 radical (unpaired) electrons. The Hall–Kier alpha value is -2.31. The highest BCUT2D eigenvalue weighted by atomic mass is 16.5. The Morgan fingerprint density at radius 3 is 3.04 bits per heavy atom. The zero-order valence-corrected chi connectivity index (χ0v) is 14.6. The highest BCUT2D eigenvalue weighted by molar-refractivity contribution is 5.95. The fourth-order valence-corrected chi connectivity index (χ4v) is 3.25. The second-order valence-electron chi connectivity index (χ2n) is 6.39. The van der Waals surface area contributed by atoms with Gasteiger partial charge in [-0.2, -0.15) is 0 Å². The van der Waals surface area contributed by atoms with Crippen LogP contribution in [0.2, 0.25) is 0 Å². The maximum absolute atomic E-state index is 12.4. The van der Waals surface area contributed by atoms with Crippen molar-refractivity contribution in [1.29, 1.82) is 0 Å². The van der Waals surface area contributed by atoms with Crippen molar-refractivity contribution < 1.29 is 19.1 Å². The van der Waals surface area contributed by atoms with Crippen molar-refractivity contribution in [1.82, 2.24) is 5.32 Å². The summed E-state index contributed by atoms with van der Waals surface area (Å²) in [7, 11) is 1.51. The number of aliphatic hydroxyl groups excluding tert-OH is 1. The molecule has 1 aromatic carbocycles. The van der Waals surface area contributed by atoms with Crippen LogP contribution in [0.1, 0.15) is 28.6 Å². The lowest BCUT2D eigenvalue weighted by atomic mass is 10.1. The number of methoxy groups -OCH3 is 1. The molecule has 3 rings (SSSR count). The molecule has 0 spiro atoms. The average molecular weight is 344 g/mol. The number of amides is 1. The average Bonchev–Trinajstić information content (AvgIpc) is 3.18. The molecule has 1 aliphatic rings. The van der Waals surface area contributed by atoms with Crippen molar-refractivity contribution >= 4 is 11.6 Å². The standard InChI is InChI=1S/C19H24N2O4/c1-13-9-14-5-3-4-6-17(14)21(13)11-18-16(7-8-25-18)19(23)20-10-15(22)12-24-2/h3-8,13,15,22H,9-12H2,1-2H3,(H,20,23). The lowest BCUT2D eigenvalue weighted by Gasteiger charge is -2.24. The summed E-state index contributed by atoms with van der Waals surface area (Å²) in [4.78, 5) is 14.6. The van der Waals surface area contributed by atoms with E-state index < -0.39 is 6.10 Å². The highest BCUT2D eigenvalue weighted by Crippen LogP contribution is 2.33. The van der Waals surface area contributed by atoms with Crippen molar-refractivity contribution in [3.8, 4) is 0 Å². The highest BCUT2D eigenvalue weighted by Gasteiger charge is 2.28. The molecule has 1 aromatic heterocycles. The van der Waals surface area contributed by atoms with Crippen LogP contribution in [0.5, 0.6) is 0 Å². The quantitative estimate of drug-likeness (QED) is 0.803. The molecule has 134 valence electrons. The molecule has 2 atom stereocenters. The molecule has 25 heavy (non-hydrogen) atoms. The van der Waals surface area contributed by atoms with Gasteiger partial charge in [-0.05, 0) is 31.0 Å². The Morgan fingerprint density at radius 1 is 1.44 bits per heavy atom. The number of nitrogens with one attached hydrogen (secondary N) is 1. The van der Waals surface area contributed by atoms with E-state index in [4.69, 9.17) is 9.15 Å². The summed E-state index contributed by atoms with van der Waals surface area (Å²) in [6.45, 7) is 3.03. The number of anilines is 1. The number of carbonyl (C=O) groups excluding carboxylic acids is 1. The molecule has 0 saturated carbocycles. The van der Waals surface area contributed by atoms with Gasteiger partial charge < -0.3 is 24.5 Å². The summed E-state index contributed by atoms with van der Waals surface area (Å²) in [6.07, 6.45) is 1.79. The first-order valence-electron chi connectivity index (χ1n) is 8.46. The normalized spacial score (nSPS) is 17.4. The van der Waals surface area contributed by atoms with Gasteiger partial charge in [0.05, 0.1) is 31.1 Å². The van der Waals surface area contributed by atoms with Crippen LogP contribution in [-0.2, 0) is 17.7 Å². The summed E-state index contributed by atoms with van der Waals surface area (Å²) in [5, 5.41) is 12.4. The predicted octanol–water partition coefficient (Wildman–Crippen LogP) is 1.97. The minimum atomic E-state index is -0.727. The first kappa shape index (κ1) is 17.5. The Kier molecular flexibility index (Phi) is 5.40. The minimum Gasteiger partial charge on any atom is -0.467 e. The lowest BCUT2D eigenvalue weighted by Crippen LogP contribution is -2.35. The summed E-state index contributed by atoms with van der Waals surface area (Å²) < 4.78 is 10.4. The number of fused-ring (bicyclic) bond motifs is 1. The number of para-hydroxylation sites is 1. The first-order chi connectivity index (χ1) is 12.1. The number of nitrogens with zero attached hydrogens (tertiary/aromatic N) is 1. The maximum atomic E-state index is 12.4. The van der Waals surface area contributed by atoms with Crippen molar-refractivity contribution in [2.24, 2.45) is 0 Å². The van der Waals surface area contributed by atoms with Crippen LogP contribution in [0.25, 0.3) is 0 Å². The molecule has 0 aliphatic carbocycles. The molecule has 2 heterocycles. The third kappa shape index (κ3) is 3.86. The van der Waals surface area contributed by atoms with E-state index in [1.807, 2.05) is 12.1 Å². The van der Waals surface area contributed by atoms with Gasteiger partial charge in [-0.3, -0.25) is 4.79 Å². The van der Waals surface area contributed by atoms with Gasteiger partial charge in [-0.15, -0.1) is 0 Å². The van der Waals surface area contributed by atoms with Crippen molar-refractivity contribution in [2.45, 2.75) is 32.0 Å². The summed E-state index contributed by atoms with van der Waals surface area (Å²) in [5.41, 5.74) is 3.00. The van der Waals surface area contributed by atoms with Gasteiger partial charge in [-0.1, -0.05) is 18.2 Å². The molecule has 6 heteroatoms. The van der Waals surface area contributed by atoms with E-state index >= 15 is 0 Å². The molecular weight excluding hydrogens is 320 g/mol. The second kappa shape index (κ2) is 7.72. The van der Waals surface area contributed by atoms with E-state index in [1.165, 1.54) is 24.6 Å². The molecule has 0 bridgehead atoms. The van der Waals surface area contributed by atoms with Crippen LogP contribution in [0.4, 0.5) is 5.69 Å². The summed E-state index contributed by atoms with van der Waals surface area (Å²) >= 11 is 0. The monoisotopic (exact) mass is 344 g/mol. The number of carbonyl (C=O) groups is 1. The topological polar surface area (TPSA) is 74.9 Å². The smallest absolute Gasteiger partial charge is 0.254 e. The Morgan fingerprint density at radius 2 is 2.24 bits per heavy atom. The van der Waals surface area contributed by atoms with Crippen molar-refractivity contribution in [3.05, 3.63) is 53.5 Å². The predicted molar refractivity (Wildman–Crippen MR) is 94.7 cm³/mol. The van der Waals surface area contributed by atoms with Gasteiger partial charge in [0.15, 0.2) is 0 Å². The van der Waals surface area contributed by atoms with E-state index in [9.17, 15) is 9.90 Å². The molecular formula is C19H24N2O4. The number of furan rings is 1. The molecule has 2 N–H and O–H groups in total. The summed E-state index contributed by atoms with van der Waals surface area (Å²) in [6, 6.07) is 10.3. The molecule has 1 aliphatic heterocycles. The van der Waals surface area contributed by atoms with Crippen LogP contribution >= 0.6 is 0 Å². The maximum Gasteiger partial charge on any atom is 0.254 e. The van der Waals surface area contributed by atoms with Crippen LogP contribution in [0.3, 0.4) is 0 Å². The second-order valence-corrected chi connectivity index (χ2v) is 6.39. The SMILES string of the molecule is COCC(O)CNC(=O)c1ccoc1CN1c2ccccc2CC1C. The molecule has 2 unspecified atom stereocenters. The van der Waals surface area contributed by atoms with Crippen LogP contribution in [0.15, 0.2) is 41.0 Å². The fourth-order valence-electron chi connectivity index (χ4n) is 3.25. The fraction of sp³-hybridized carbons (Fsp3) is 0.421. The van der Waals surface area contributed by atoms with Crippen molar-refractivity contribution in [2.75, 3.05) is 25.2 Å². The third-order valence-electron chi connectivity index (χ3n) is 4.51. The van der Waals surface area contributed by atoms with E-state index in [0.717, 1.165) is 6.42 Å². The minimum absolute atomic E-state index is 0.139. The van der Waals surface area contributed by atoms with Crippen LogP contribution in [0, 0.1) is 0 Å². The van der Waals surface area contributed by atoms with Gasteiger partial charge in [0.1, 0.15) is 5.76 Å². The Bertz CT molecular complexity index is 728. The van der Waals surface area contributed by atoms with E-state index in [-0.39, 0.29) is 19.1 Å². The zero-order valence-electron chi connectivity index (χ0n) is 14.6. The molecule has 1 amide bonds. The van der Waals surface area contributed by atoms with E-state index in [0.29, 0.717) is 23.9 Å². The largest absolute Gasteiger partial charge is 0.467 e. The van der Waals surface area contributed by atoms with Gasteiger partial charge in [0.25, 0.3) is 5.91 Å². The number of hydrogen-bond donors (Lipinski definition) is 2. The Labute approximate surface area is 147 Å². The van der Waals surface area contributed by atoms with Crippen LogP contribution in [-0.4, -0.2) is 43.4 Å². The molecule has 6 nitrogen and oxygen atoms in total. The summed E-state index contributed by atoms with van der Waals surface area (Å²) in [5.74, 6) is 0.376. The Balaban J connectivity index is 1.69. The third-order valence-corrected chi connectivity index (χ3v) is 4.51. The number of hydrogen-bond acceptors (Lipinski definition) is 5. The van der Waals surface area contributed by atoms with Gasteiger partial charge >= 0.3 is 0 Å². The number of ether oxygens (including phenoxy) is 1. The van der Waals surface area contributed by atoms with Crippen LogP contribution < -0.4 is 10.2 Å². The first-order valence-corrected chi connectivity index (χ1v) is 8.46. The lowest BCUT2D eigenvalue weighted by molar-refractivity contribution is 0.0609. The van der Waals surface area contributed by atoms with E-state index in [2.05, 4.69) is 29.3 Å².